The number of ether oxygens (including phenoxy) is 1. The highest BCUT2D eigenvalue weighted by atomic mass is 16.6. The summed E-state index contributed by atoms with van der Waals surface area (Å²) in [5.41, 5.74) is 0. The molecule has 0 saturated carbocycles. The van der Waals surface area contributed by atoms with E-state index in [1.807, 2.05) is 0 Å². The zero-order valence-electron chi connectivity index (χ0n) is 6.59. The maximum absolute atomic E-state index is 11.1. The van der Waals surface area contributed by atoms with Crippen LogP contribution < -0.4 is 5.32 Å². The van der Waals surface area contributed by atoms with Crippen LogP contribution in [-0.4, -0.2) is 24.0 Å². The maximum Gasteiger partial charge on any atom is 0.408 e. The van der Waals surface area contributed by atoms with Gasteiger partial charge in [-0.15, -0.1) is 0 Å². The fourth-order valence-corrected chi connectivity index (χ4v) is 1.08. The zero-order valence-corrected chi connectivity index (χ0v) is 6.59. The second-order valence-electron chi connectivity index (χ2n) is 2.55. The van der Waals surface area contributed by atoms with Crippen LogP contribution in [0.2, 0.25) is 0 Å². The van der Waals surface area contributed by atoms with Crippen LogP contribution in [0, 0.1) is 0 Å². The molecule has 62 valence electrons. The minimum atomic E-state index is -0.496. The summed E-state index contributed by atoms with van der Waals surface area (Å²) in [5, 5.41) is 2.44. The number of nitrogens with one attached hydrogen (secondary N) is 1. The van der Waals surface area contributed by atoms with Crippen molar-refractivity contribution < 1.29 is 14.3 Å². The average Bonchev–Trinajstić information content (AvgIpc) is 2.28. The Labute approximate surface area is 64.9 Å². The van der Waals surface area contributed by atoms with Crippen molar-refractivity contribution in [3.63, 3.8) is 0 Å². The molecule has 0 spiro atoms. The Kier molecular flexibility index (Phi) is 2.12. The van der Waals surface area contributed by atoms with E-state index >= 15 is 0 Å². The molecule has 0 aliphatic carbocycles. The molecule has 0 bridgehead atoms. The van der Waals surface area contributed by atoms with E-state index in [1.54, 1.807) is 13.8 Å². The van der Waals surface area contributed by atoms with Crippen LogP contribution in [0.4, 0.5) is 4.79 Å². The zero-order chi connectivity index (χ0) is 8.43. The monoisotopic (exact) mass is 157 g/mol. The summed E-state index contributed by atoms with van der Waals surface area (Å²) in [6.07, 6.45) is -0.391. The number of rotatable bonds is 2. The van der Waals surface area contributed by atoms with Gasteiger partial charge in [-0.1, -0.05) is 6.92 Å². The number of ketones is 1. The molecule has 1 aliphatic heterocycles. The molecule has 1 aliphatic rings. The van der Waals surface area contributed by atoms with Crippen LogP contribution in [0.25, 0.3) is 0 Å². The van der Waals surface area contributed by atoms with Crippen molar-refractivity contribution in [1.29, 1.82) is 0 Å². The van der Waals surface area contributed by atoms with Gasteiger partial charge >= 0.3 is 6.09 Å². The molecular formula is C7H11NO3. The fourth-order valence-electron chi connectivity index (χ4n) is 1.08. The van der Waals surface area contributed by atoms with Gasteiger partial charge in [-0.3, -0.25) is 4.79 Å². The predicted octanol–water partition coefficient (Wildman–Crippen LogP) is 0.462. The lowest BCUT2D eigenvalue weighted by atomic mass is 10.1. The molecule has 2 unspecified atom stereocenters. The van der Waals surface area contributed by atoms with Crippen molar-refractivity contribution in [1.82, 2.24) is 5.32 Å². The maximum atomic E-state index is 11.1. The Hall–Kier alpha value is -1.06. The van der Waals surface area contributed by atoms with Crippen LogP contribution in [-0.2, 0) is 9.53 Å². The molecular weight excluding hydrogens is 146 g/mol. The number of carbonyl (C=O) groups excluding carboxylic acids is 2. The Bertz CT molecular complexity index is 190. The Balaban J connectivity index is 2.59. The molecule has 1 amide bonds. The molecule has 1 rings (SSSR count). The van der Waals surface area contributed by atoms with Crippen LogP contribution in [0.5, 0.6) is 0 Å². The van der Waals surface area contributed by atoms with Crippen molar-refractivity contribution in [3.8, 4) is 0 Å². The molecule has 0 radical (unpaired) electrons. The molecule has 0 aromatic heterocycles. The van der Waals surface area contributed by atoms with Gasteiger partial charge in [0.05, 0.1) is 0 Å². The lowest BCUT2D eigenvalue weighted by molar-refractivity contribution is -0.121. The highest BCUT2D eigenvalue weighted by Gasteiger charge is 2.34. The highest BCUT2D eigenvalue weighted by molar-refractivity contribution is 5.89. The second kappa shape index (κ2) is 2.90. The Morgan fingerprint density at radius 3 is 2.73 bits per heavy atom. The molecule has 2 atom stereocenters. The minimum Gasteiger partial charge on any atom is -0.444 e. The first-order valence-electron chi connectivity index (χ1n) is 3.65. The topological polar surface area (TPSA) is 55.4 Å². The van der Waals surface area contributed by atoms with Gasteiger partial charge < -0.3 is 10.1 Å². The molecule has 0 aromatic carbocycles. The summed E-state index contributed by atoms with van der Waals surface area (Å²) in [4.78, 5) is 21.7. The van der Waals surface area contributed by atoms with Crippen LogP contribution in [0.3, 0.4) is 0 Å². The molecule has 4 heteroatoms. The fraction of sp³-hybridized carbons (Fsp3) is 0.714. The van der Waals surface area contributed by atoms with Crippen molar-refractivity contribution in [2.45, 2.75) is 32.4 Å². The molecule has 11 heavy (non-hydrogen) atoms. The van der Waals surface area contributed by atoms with Gasteiger partial charge in [0.1, 0.15) is 12.1 Å². The van der Waals surface area contributed by atoms with E-state index in [2.05, 4.69) is 5.32 Å². The largest absolute Gasteiger partial charge is 0.444 e. The number of amides is 1. The first-order chi connectivity index (χ1) is 5.15. The van der Waals surface area contributed by atoms with Gasteiger partial charge in [-0.05, 0) is 6.92 Å². The third kappa shape index (κ3) is 1.50. The van der Waals surface area contributed by atoms with Crippen molar-refractivity contribution in [2.24, 2.45) is 0 Å². The second-order valence-corrected chi connectivity index (χ2v) is 2.55. The predicted molar refractivity (Wildman–Crippen MR) is 38.2 cm³/mol. The number of hydrogen-bond acceptors (Lipinski definition) is 3. The normalized spacial score (nSPS) is 29.5. The minimum absolute atomic E-state index is 0.0170. The highest BCUT2D eigenvalue weighted by Crippen LogP contribution is 2.09. The number of carbonyl (C=O) groups is 2. The van der Waals surface area contributed by atoms with Crippen LogP contribution in [0.15, 0.2) is 0 Å². The lowest BCUT2D eigenvalue weighted by Gasteiger charge is -2.08. The number of hydrogen-bond donors (Lipinski definition) is 1. The molecule has 1 heterocycles. The van der Waals surface area contributed by atoms with E-state index in [9.17, 15) is 9.59 Å². The smallest absolute Gasteiger partial charge is 0.408 e. The molecule has 0 aromatic rings. The number of alkyl carbamates (subject to hydrolysis) is 1. The van der Waals surface area contributed by atoms with Gasteiger partial charge in [-0.2, -0.15) is 0 Å². The third-order valence-electron chi connectivity index (χ3n) is 1.73. The van der Waals surface area contributed by atoms with Crippen molar-refractivity contribution >= 4 is 11.9 Å². The standard InChI is InChI=1S/C7H11NO3/c1-3-5(9)6-4(2)11-7(10)8-6/h4,6H,3H2,1-2H3,(H,8,10). The van der Waals surface area contributed by atoms with Gasteiger partial charge in [0.15, 0.2) is 5.78 Å². The summed E-state index contributed by atoms with van der Waals surface area (Å²) in [6, 6.07) is -0.438. The third-order valence-corrected chi connectivity index (χ3v) is 1.73. The van der Waals surface area contributed by atoms with Crippen LogP contribution in [0.1, 0.15) is 20.3 Å². The van der Waals surface area contributed by atoms with E-state index in [4.69, 9.17) is 4.74 Å². The van der Waals surface area contributed by atoms with E-state index < -0.39 is 12.1 Å². The SMILES string of the molecule is CCC(=O)C1NC(=O)OC1C. The Morgan fingerprint density at radius 1 is 1.73 bits per heavy atom. The van der Waals surface area contributed by atoms with E-state index in [1.165, 1.54) is 0 Å². The first-order valence-corrected chi connectivity index (χ1v) is 3.65. The molecule has 4 nitrogen and oxygen atoms in total. The number of Topliss-reactive ketones (excluding diaryl/α,β-unsaturated/α-hetero) is 1. The molecule has 1 fully saturated rings. The van der Waals surface area contributed by atoms with Gasteiger partial charge in [0.25, 0.3) is 0 Å². The first kappa shape index (κ1) is 8.04. The quantitative estimate of drug-likeness (QED) is 0.633. The molecule has 1 saturated heterocycles. The van der Waals surface area contributed by atoms with Gasteiger partial charge in [0.2, 0.25) is 0 Å². The van der Waals surface area contributed by atoms with Gasteiger partial charge in [-0.25, -0.2) is 4.79 Å². The van der Waals surface area contributed by atoms with Crippen molar-refractivity contribution in [3.05, 3.63) is 0 Å². The van der Waals surface area contributed by atoms with Crippen molar-refractivity contribution in [2.75, 3.05) is 0 Å². The van der Waals surface area contributed by atoms with E-state index in [-0.39, 0.29) is 11.9 Å². The average molecular weight is 157 g/mol. The lowest BCUT2D eigenvalue weighted by Crippen LogP contribution is -2.37. The molecule has 1 N–H and O–H groups in total. The number of cyclic esters (lactones) is 1. The summed E-state index contributed by atoms with van der Waals surface area (Å²) in [7, 11) is 0. The Morgan fingerprint density at radius 2 is 2.36 bits per heavy atom. The van der Waals surface area contributed by atoms with E-state index in [0.29, 0.717) is 6.42 Å². The summed E-state index contributed by atoms with van der Waals surface area (Å²) < 4.78 is 4.73. The summed E-state index contributed by atoms with van der Waals surface area (Å²) >= 11 is 0. The summed E-state index contributed by atoms with van der Waals surface area (Å²) in [6.45, 7) is 3.47. The summed E-state index contributed by atoms with van der Waals surface area (Å²) in [5.74, 6) is 0.0170. The van der Waals surface area contributed by atoms with E-state index in [0.717, 1.165) is 0 Å². The van der Waals surface area contributed by atoms with Gasteiger partial charge in [0, 0.05) is 6.42 Å². The van der Waals surface area contributed by atoms with Crippen LogP contribution >= 0.6 is 0 Å².